The molecule has 0 radical (unpaired) electrons. The zero-order valence-corrected chi connectivity index (χ0v) is 14.6. The molecular weight excluding hydrogens is 312 g/mol. The molecule has 0 saturated carbocycles. The summed E-state index contributed by atoms with van der Waals surface area (Å²) >= 11 is 1.59. The molecule has 3 rings (SSSR count). The summed E-state index contributed by atoms with van der Waals surface area (Å²) < 4.78 is 5.35. The molecule has 1 N–H and O–H groups in total. The molecule has 0 spiro atoms. The fourth-order valence-corrected chi connectivity index (χ4v) is 4.62. The van der Waals surface area contributed by atoms with Crippen LogP contribution in [0.15, 0.2) is 0 Å². The summed E-state index contributed by atoms with van der Waals surface area (Å²) in [5, 5.41) is 3.70. The van der Waals surface area contributed by atoms with Crippen molar-refractivity contribution in [3.05, 3.63) is 16.0 Å². The van der Waals surface area contributed by atoms with Crippen LogP contribution < -0.4 is 5.32 Å². The van der Waals surface area contributed by atoms with Gasteiger partial charge in [-0.25, -0.2) is 0 Å². The molecule has 1 fully saturated rings. The van der Waals surface area contributed by atoms with E-state index in [9.17, 15) is 9.59 Å². The summed E-state index contributed by atoms with van der Waals surface area (Å²) in [7, 11) is 0. The molecule has 0 aromatic carbocycles. The molecule has 1 atom stereocenters. The van der Waals surface area contributed by atoms with Crippen molar-refractivity contribution in [2.75, 3.05) is 31.6 Å². The van der Waals surface area contributed by atoms with E-state index in [1.54, 1.807) is 11.3 Å². The Kier molecular flexibility index (Phi) is 5.02. The van der Waals surface area contributed by atoms with Crippen LogP contribution in [-0.4, -0.2) is 43.0 Å². The highest BCUT2D eigenvalue weighted by Crippen LogP contribution is 2.40. The highest BCUT2D eigenvalue weighted by Gasteiger charge is 2.31. The lowest BCUT2D eigenvalue weighted by atomic mass is 9.88. The Bertz CT molecular complexity index is 605. The Balaban J connectivity index is 1.95. The maximum Gasteiger partial charge on any atom is 0.257 e. The first-order valence-electron chi connectivity index (χ1n) is 8.41. The van der Waals surface area contributed by atoms with Crippen molar-refractivity contribution in [1.29, 1.82) is 0 Å². The zero-order chi connectivity index (χ0) is 16.4. The topological polar surface area (TPSA) is 58.6 Å². The van der Waals surface area contributed by atoms with Gasteiger partial charge in [0.25, 0.3) is 5.91 Å². The van der Waals surface area contributed by atoms with E-state index in [-0.39, 0.29) is 11.8 Å². The quantitative estimate of drug-likeness (QED) is 0.923. The van der Waals surface area contributed by atoms with E-state index in [2.05, 4.69) is 12.2 Å². The standard InChI is InChI=1S/C17H24N2O3S/c1-3-14(20)18-16-15(17(21)19-6-8-22-9-7-19)12-5-4-11(2)10-13(12)23-16/h11H,3-10H2,1-2H3,(H,18,20)/t11-/m1/s1. The van der Waals surface area contributed by atoms with Crippen LogP contribution in [0.4, 0.5) is 5.00 Å². The molecule has 6 heteroatoms. The average Bonchev–Trinajstić information content (AvgIpc) is 2.91. The van der Waals surface area contributed by atoms with Crippen LogP contribution in [-0.2, 0) is 22.4 Å². The first-order chi connectivity index (χ1) is 11.1. The molecule has 2 amide bonds. The van der Waals surface area contributed by atoms with Crippen LogP contribution in [0.5, 0.6) is 0 Å². The highest BCUT2D eigenvalue weighted by molar-refractivity contribution is 7.17. The van der Waals surface area contributed by atoms with Crippen molar-refractivity contribution in [1.82, 2.24) is 4.90 Å². The van der Waals surface area contributed by atoms with Crippen molar-refractivity contribution < 1.29 is 14.3 Å². The molecule has 126 valence electrons. The normalized spacial score (nSPS) is 21.0. The van der Waals surface area contributed by atoms with Gasteiger partial charge >= 0.3 is 0 Å². The van der Waals surface area contributed by atoms with Crippen LogP contribution in [0.1, 0.15) is 47.5 Å². The number of anilines is 1. The van der Waals surface area contributed by atoms with E-state index in [1.165, 1.54) is 4.88 Å². The van der Waals surface area contributed by atoms with Crippen LogP contribution in [0.3, 0.4) is 0 Å². The van der Waals surface area contributed by atoms with E-state index < -0.39 is 0 Å². The van der Waals surface area contributed by atoms with Crippen LogP contribution in [0.25, 0.3) is 0 Å². The molecule has 0 unspecified atom stereocenters. The van der Waals surface area contributed by atoms with E-state index in [0.29, 0.717) is 38.6 Å². The van der Waals surface area contributed by atoms with Crippen LogP contribution >= 0.6 is 11.3 Å². The molecule has 2 heterocycles. The number of ether oxygens (including phenoxy) is 1. The SMILES string of the molecule is CCC(=O)Nc1sc2c(c1C(=O)N1CCOCC1)CC[C@@H](C)C2. The van der Waals surface area contributed by atoms with E-state index in [1.807, 2.05) is 11.8 Å². The fourth-order valence-electron chi connectivity index (χ4n) is 3.20. The molecule has 0 bridgehead atoms. The Labute approximate surface area is 141 Å². The second-order valence-corrected chi connectivity index (χ2v) is 7.47. The smallest absolute Gasteiger partial charge is 0.257 e. The second kappa shape index (κ2) is 7.01. The number of fused-ring (bicyclic) bond motifs is 1. The third-order valence-electron chi connectivity index (χ3n) is 4.60. The average molecular weight is 336 g/mol. The number of hydrogen-bond acceptors (Lipinski definition) is 4. The Hall–Kier alpha value is -1.40. The number of rotatable bonds is 3. The Morgan fingerprint density at radius 1 is 1.35 bits per heavy atom. The van der Waals surface area contributed by atoms with Gasteiger partial charge in [0.2, 0.25) is 5.91 Å². The summed E-state index contributed by atoms with van der Waals surface area (Å²) in [6.07, 6.45) is 3.46. The number of nitrogens with zero attached hydrogens (tertiary/aromatic N) is 1. The minimum Gasteiger partial charge on any atom is -0.378 e. The van der Waals surface area contributed by atoms with Gasteiger partial charge in [0, 0.05) is 24.4 Å². The van der Waals surface area contributed by atoms with Gasteiger partial charge in [-0.15, -0.1) is 11.3 Å². The highest BCUT2D eigenvalue weighted by atomic mass is 32.1. The van der Waals surface area contributed by atoms with Crippen molar-refractivity contribution in [3.63, 3.8) is 0 Å². The van der Waals surface area contributed by atoms with Gasteiger partial charge < -0.3 is 15.0 Å². The van der Waals surface area contributed by atoms with Crippen LogP contribution in [0, 0.1) is 5.92 Å². The van der Waals surface area contributed by atoms with E-state index in [0.717, 1.165) is 35.4 Å². The summed E-state index contributed by atoms with van der Waals surface area (Å²) in [5.41, 5.74) is 1.90. The maximum absolute atomic E-state index is 13.0. The van der Waals surface area contributed by atoms with Gasteiger partial charge in [-0.05, 0) is 30.7 Å². The molecule has 1 aromatic rings. The monoisotopic (exact) mass is 336 g/mol. The van der Waals surface area contributed by atoms with Crippen molar-refractivity contribution >= 4 is 28.2 Å². The van der Waals surface area contributed by atoms with Crippen molar-refractivity contribution in [2.24, 2.45) is 5.92 Å². The zero-order valence-electron chi connectivity index (χ0n) is 13.8. The largest absolute Gasteiger partial charge is 0.378 e. The minimum atomic E-state index is -0.0346. The first-order valence-corrected chi connectivity index (χ1v) is 9.23. The van der Waals surface area contributed by atoms with Crippen molar-refractivity contribution in [2.45, 2.75) is 39.5 Å². The molecule has 1 aliphatic carbocycles. The van der Waals surface area contributed by atoms with E-state index in [4.69, 9.17) is 4.74 Å². The number of nitrogens with one attached hydrogen (secondary N) is 1. The molecule has 5 nitrogen and oxygen atoms in total. The number of carbonyl (C=O) groups is 2. The molecule has 1 saturated heterocycles. The third-order valence-corrected chi connectivity index (χ3v) is 5.77. The lowest BCUT2D eigenvalue weighted by Gasteiger charge is -2.28. The number of thiophene rings is 1. The van der Waals surface area contributed by atoms with Gasteiger partial charge in [-0.1, -0.05) is 13.8 Å². The van der Waals surface area contributed by atoms with E-state index >= 15 is 0 Å². The molecule has 23 heavy (non-hydrogen) atoms. The van der Waals surface area contributed by atoms with Crippen molar-refractivity contribution in [3.8, 4) is 0 Å². The Morgan fingerprint density at radius 3 is 2.78 bits per heavy atom. The predicted octanol–water partition coefficient (Wildman–Crippen LogP) is 2.69. The van der Waals surface area contributed by atoms with Gasteiger partial charge in [0.15, 0.2) is 0 Å². The van der Waals surface area contributed by atoms with Crippen LogP contribution in [0.2, 0.25) is 0 Å². The Morgan fingerprint density at radius 2 is 2.09 bits per heavy atom. The summed E-state index contributed by atoms with van der Waals surface area (Å²) in [5.74, 6) is 0.654. The summed E-state index contributed by atoms with van der Waals surface area (Å²) in [4.78, 5) is 28.0. The fraction of sp³-hybridized carbons (Fsp3) is 0.647. The van der Waals surface area contributed by atoms with Gasteiger partial charge in [-0.3, -0.25) is 9.59 Å². The molecular formula is C17H24N2O3S. The summed E-state index contributed by atoms with van der Waals surface area (Å²) in [6.45, 7) is 6.50. The van der Waals surface area contributed by atoms with Gasteiger partial charge in [0.05, 0.1) is 18.8 Å². The number of carbonyl (C=O) groups excluding carboxylic acids is 2. The lowest BCUT2D eigenvalue weighted by Crippen LogP contribution is -2.41. The van der Waals surface area contributed by atoms with Gasteiger partial charge in [-0.2, -0.15) is 0 Å². The molecule has 1 aromatic heterocycles. The predicted molar refractivity (Wildman–Crippen MR) is 91.2 cm³/mol. The molecule has 2 aliphatic rings. The van der Waals surface area contributed by atoms with Gasteiger partial charge in [0.1, 0.15) is 5.00 Å². The molecule has 1 aliphatic heterocycles. The first kappa shape index (κ1) is 16.5. The lowest BCUT2D eigenvalue weighted by molar-refractivity contribution is -0.115. The second-order valence-electron chi connectivity index (χ2n) is 6.36. The third kappa shape index (κ3) is 3.43. The minimum absolute atomic E-state index is 0.0346. The summed E-state index contributed by atoms with van der Waals surface area (Å²) in [6, 6.07) is 0. The number of amides is 2. The number of morpholine rings is 1. The maximum atomic E-state index is 13.0. The number of hydrogen-bond donors (Lipinski definition) is 1.